The number of nitrogens with zero attached hydrogens (tertiary/aromatic N) is 1. The molecule has 0 radical (unpaired) electrons. The van der Waals surface area contributed by atoms with Gasteiger partial charge in [-0.25, -0.2) is 4.39 Å². The summed E-state index contributed by atoms with van der Waals surface area (Å²) in [5.41, 5.74) is 0.843. The molecule has 1 N–H and O–H groups in total. The minimum Gasteiger partial charge on any atom is -0.350 e. The topological polar surface area (TPSA) is 49.4 Å². The SMILES string of the molecule is O=C(NCc1ccc(F)cc1)[C@@H]1CSCN1C(=O)C1CC1. The molecule has 1 saturated carbocycles. The molecule has 0 unspecified atom stereocenters. The molecule has 112 valence electrons. The first kappa shape index (κ1) is 14.4. The lowest BCUT2D eigenvalue weighted by molar-refractivity contribution is -0.139. The van der Waals surface area contributed by atoms with Crippen LogP contribution in [0.3, 0.4) is 0 Å². The van der Waals surface area contributed by atoms with E-state index in [0.717, 1.165) is 18.4 Å². The molecule has 1 aliphatic heterocycles. The average Bonchev–Trinajstić information content (AvgIpc) is 3.22. The molecule has 4 nitrogen and oxygen atoms in total. The summed E-state index contributed by atoms with van der Waals surface area (Å²) in [6, 6.07) is 5.66. The van der Waals surface area contributed by atoms with E-state index in [9.17, 15) is 14.0 Å². The summed E-state index contributed by atoms with van der Waals surface area (Å²) in [7, 11) is 0. The lowest BCUT2D eigenvalue weighted by atomic mass is 10.2. The Labute approximate surface area is 127 Å². The molecule has 1 saturated heterocycles. The summed E-state index contributed by atoms with van der Waals surface area (Å²) in [5, 5.41) is 2.84. The number of rotatable bonds is 4. The zero-order valence-electron chi connectivity index (χ0n) is 11.5. The predicted molar refractivity (Wildman–Crippen MR) is 78.9 cm³/mol. The molecule has 21 heavy (non-hydrogen) atoms. The van der Waals surface area contributed by atoms with Crippen LogP contribution in [-0.4, -0.2) is 34.4 Å². The summed E-state index contributed by atoms with van der Waals surface area (Å²) < 4.78 is 12.8. The summed E-state index contributed by atoms with van der Waals surface area (Å²) in [6.07, 6.45) is 1.90. The second-order valence-electron chi connectivity index (χ2n) is 5.44. The van der Waals surface area contributed by atoms with E-state index in [1.54, 1.807) is 28.8 Å². The fraction of sp³-hybridized carbons (Fsp3) is 0.467. The number of thioether (sulfide) groups is 1. The molecule has 1 aliphatic carbocycles. The van der Waals surface area contributed by atoms with Gasteiger partial charge in [-0.15, -0.1) is 11.8 Å². The minimum atomic E-state index is -0.372. The van der Waals surface area contributed by atoms with Crippen LogP contribution < -0.4 is 5.32 Å². The van der Waals surface area contributed by atoms with Gasteiger partial charge in [-0.1, -0.05) is 12.1 Å². The molecule has 2 fully saturated rings. The molecule has 1 aromatic carbocycles. The number of carbonyl (C=O) groups excluding carboxylic acids is 2. The van der Waals surface area contributed by atoms with Gasteiger partial charge in [0.1, 0.15) is 11.9 Å². The molecule has 2 amide bonds. The van der Waals surface area contributed by atoms with Gasteiger partial charge in [0.05, 0.1) is 5.88 Å². The second-order valence-corrected chi connectivity index (χ2v) is 6.44. The lowest BCUT2D eigenvalue weighted by Gasteiger charge is -2.23. The summed E-state index contributed by atoms with van der Waals surface area (Å²) >= 11 is 1.61. The summed E-state index contributed by atoms with van der Waals surface area (Å²) in [6.45, 7) is 0.353. The van der Waals surface area contributed by atoms with Crippen LogP contribution in [0.1, 0.15) is 18.4 Å². The van der Waals surface area contributed by atoms with E-state index in [2.05, 4.69) is 5.32 Å². The Morgan fingerprint density at radius 2 is 2.00 bits per heavy atom. The Balaban J connectivity index is 1.56. The number of halogens is 1. The van der Waals surface area contributed by atoms with Crippen LogP contribution in [0.25, 0.3) is 0 Å². The number of amides is 2. The Hall–Kier alpha value is -1.56. The highest BCUT2D eigenvalue weighted by Gasteiger charge is 2.41. The third kappa shape index (κ3) is 3.37. The fourth-order valence-electron chi connectivity index (χ4n) is 2.35. The minimum absolute atomic E-state index is 0.113. The maximum Gasteiger partial charge on any atom is 0.243 e. The molecule has 1 heterocycles. The van der Waals surface area contributed by atoms with Gasteiger partial charge < -0.3 is 10.2 Å². The van der Waals surface area contributed by atoms with Crippen molar-refractivity contribution in [1.29, 1.82) is 0 Å². The number of nitrogens with one attached hydrogen (secondary N) is 1. The van der Waals surface area contributed by atoms with Gasteiger partial charge >= 0.3 is 0 Å². The van der Waals surface area contributed by atoms with Crippen LogP contribution in [0.5, 0.6) is 0 Å². The van der Waals surface area contributed by atoms with E-state index in [1.807, 2.05) is 0 Å². The highest BCUT2D eigenvalue weighted by Crippen LogP contribution is 2.34. The van der Waals surface area contributed by atoms with E-state index < -0.39 is 0 Å². The monoisotopic (exact) mass is 308 g/mol. The van der Waals surface area contributed by atoms with Crippen LogP contribution in [0.15, 0.2) is 24.3 Å². The molecule has 0 spiro atoms. The smallest absolute Gasteiger partial charge is 0.243 e. The normalized spacial score (nSPS) is 21.4. The quantitative estimate of drug-likeness (QED) is 0.922. The van der Waals surface area contributed by atoms with Crippen LogP contribution >= 0.6 is 11.8 Å². The highest BCUT2D eigenvalue weighted by atomic mass is 32.2. The van der Waals surface area contributed by atoms with Crippen molar-refractivity contribution in [2.24, 2.45) is 5.92 Å². The van der Waals surface area contributed by atoms with E-state index in [0.29, 0.717) is 18.2 Å². The van der Waals surface area contributed by atoms with Gasteiger partial charge in [0.15, 0.2) is 0 Å². The first-order valence-electron chi connectivity index (χ1n) is 7.05. The van der Waals surface area contributed by atoms with Crippen molar-refractivity contribution in [1.82, 2.24) is 10.2 Å². The van der Waals surface area contributed by atoms with Gasteiger partial charge in [-0.3, -0.25) is 9.59 Å². The number of hydrogen-bond donors (Lipinski definition) is 1. The molecule has 1 aromatic rings. The van der Waals surface area contributed by atoms with Crippen LogP contribution in [0, 0.1) is 11.7 Å². The van der Waals surface area contributed by atoms with Crippen molar-refractivity contribution >= 4 is 23.6 Å². The Morgan fingerprint density at radius 3 is 2.67 bits per heavy atom. The number of hydrogen-bond acceptors (Lipinski definition) is 3. The number of carbonyl (C=O) groups is 2. The molecule has 0 aromatic heterocycles. The van der Waals surface area contributed by atoms with Crippen LogP contribution in [0.2, 0.25) is 0 Å². The van der Waals surface area contributed by atoms with Gasteiger partial charge in [-0.05, 0) is 30.5 Å². The van der Waals surface area contributed by atoms with Gasteiger partial charge in [0, 0.05) is 18.2 Å². The Kier molecular flexibility index (Phi) is 4.14. The van der Waals surface area contributed by atoms with Gasteiger partial charge in [0.25, 0.3) is 0 Å². The van der Waals surface area contributed by atoms with E-state index >= 15 is 0 Å². The van der Waals surface area contributed by atoms with E-state index in [-0.39, 0.29) is 29.6 Å². The maximum atomic E-state index is 12.8. The van der Waals surface area contributed by atoms with Crippen molar-refractivity contribution in [3.8, 4) is 0 Å². The predicted octanol–water partition coefficient (Wildman–Crippen LogP) is 1.75. The first-order valence-corrected chi connectivity index (χ1v) is 8.21. The molecule has 3 rings (SSSR count). The third-order valence-corrected chi connectivity index (χ3v) is 4.79. The third-order valence-electron chi connectivity index (χ3n) is 3.77. The molecular weight excluding hydrogens is 291 g/mol. The zero-order valence-corrected chi connectivity index (χ0v) is 12.4. The molecule has 1 atom stereocenters. The highest BCUT2D eigenvalue weighted by molar-refractivity contribution is 7.99. The lowest BCUT2D eigenvalue weighted by Crippen LogP contribution is -2.47. The van der Waals surface area contributed by atoms with Crippen molar-refractivity contribution < 1.29 is 14.0 Å². The average molecular weight is 308 g/mol. The standard InChI is InChI=1S/C15H17FN2O2S/c16-12-5-1-10(2-6-12)7-17-14(19)13-8-21-9-18(13)15(20)11-3-4-11/h1-2,5-6,11,13H,3-4,7-9H2,(H,17,19)/t13-/m0/s1. The van der Waals surface area contributed by atoms with Gasteiger partial charge in [-0.2, -0.15) is 0 Å². The van der Waals surface area contributed by atoms with Crippen LogP contribution in [-0.2, 0) is 16.1 Å². The fourth-order valence-corrected chi connectivity index (χ4v) is 3.51. The van der Waals surface area contributed by atoms with Crippen molar-refractivity contribution in [3.05, 3.63) is 35.6 Å². The number of benzene rings is 1. The first-order chi connectivity index (χ1) is 10.1. The molecular formula is C15H17FN2O2S. The van der Waals surface area contributed by atoms with Crippen LogP contribution in [0.4, 0.5) is 4.39 Å². The van der Waals surface area contributed by atoms with E-state index in [1.165, 1.54) is 12.1 Å². The van der Waals surface area contributed by atoms with Gasteiger partial charge in [0.2, 0.25) is 11.8 Å². The molecule has 2 aliphatic rings. The summed E-state index contributed by atoms with van der Waals surface area (Å²) in [4.78, 5) is 26.1. The Morgan fingerprint density at radius 1 is 1.29 bits per heavy atom. The van der Waals surface area contributed by atoms with E-state index in [4.69, 9.17) is 0 Å². The molecule has 6 heteroatoms. The van der Waals surface area contributed by atoms with Crippen molar-refractivity contribution in [2.75, 3.05) is 11.6 Å². The Bertz CT molecular complexity index is 545. The van der Waals surface area contributed by atoms with Crippen molar-refractivity contribution in [3.63, 3.8) is 0 Å². The largest absolute Gasteiger partial charge is 0.350 e. The summed E-state index contributed by atoms with van der Waals surface area (Å²) in [5.74, 6) is 1.08. The second kappa shape index (κ2) is 6.05. The maximum absolute atomic E-state index is 12.8. The van der Waals surface area contributed by atoms with Crippen molar-refractivity contribution in [2.45, 2.75) is 25.4 Å². The zero-order chi connectivity index (χ0) is 14.8. The molecule has 0 bridgehead atoms.